The van der Waals surface area contributed by atoms with E-state index in [2.05, 4.69) is 4.72 Å². The summed E-state index contributed by atoms with van der Waals surface area (Å²) in [6.45, 7) is 1.39. The number of aliphatic hydroxyl groups is 1. The quantitative estimate of drug-likeness (QED) is 0.798. The Labute approximate surface area is 137 Å². The average Bonchev–Trinajstić information content (AvgIpc) is 2.24. The van der Waals surface area contributed by atoms with Crippen LogP contribution in [-0.2, 0) is 10.0 Å². The van der Waals surface area contributed by atoms with E-state index in [-0.39, 0.29) is 26.5 Å². The van der Waals surface area contributed by atoms with E-state index in [4.69, 9.17) is 34.8 Å². The number of hydrogen-bond acceptors (Lipinski definition) is 4. The van der Waals surface area contributed by atoms with Crippen LogP contribution >= 0.6 is 46.6 Å². The Morgan fingerprint density at radius 3 is 2.25 bits per heavy atom. The predicted octanol–water partition coefficient (Wildman–Crippen LogP) is 3.04. The summed E-state index contributed by atoms with van der Waals surface area (Å²) in [5, 5.41) is 10.1. The van der Waals surface area contributed by atoms with Gasteiger partial charge >= 0.3 is 0 Å². The van der Waals surface area contributed by atoms with E-state index in [1.165, 1.54) is 30.8 Å². The second-order valence-corrected chi connectivity index (χ2v) is 8.27. The van der Waals surface area contributed by atoms with Crippen LogP contribution in [0.3, 0.4) is 0 Å². The van der Waals surface area contributed by atoms with E-state index in [1.54, 1.807) is 0 Å². The van der Waals surface area contributed by atoms with Crippen LogP contribution in [-0.4, -0.2) is 37.7 Å². The molecule has 1 aromatic rings. The van der Waals surface area contributed by atoms with E-state index in [1.807, 2.05) is 6.26 Å². The zero-order valence-electron chi connectivity index (χ0n) is 10.8. The van der Waals surface area contributed by atoms with Gasteiger partial charge in [0.15, 0.2) is 0 Å². The van der Waals surface area contributed by atoms with Crippen molar-refractivity contribution in [3.63, 3.8) is 0 Å². The van der Waals surface area contributed by atoms with Crippen molar-refractivity contribution in [2.75, 3.05) is 18.6 Å². The summed E-state index contributed by atoms with van der Waals surface area (Å²) in [7, 11) is -3.93. The fourth-order valence-electron chi connectivity index (χ4n) is 1.47. The van der Waals surface area contributed by atoms with Gasteiger partial charge in [-0.2, -0.15) is 11.8 Å². The maximum atomic E-state index is 12.2. The third-order valence-electron chi connectivity index (χ3n) is 2.33. The summed E-state index contributed by atoms with van der Waals surface area (Å²) in [5.41, 5.74) is -1.17. The van der Waals surface area contributed by atoms with Crippen molar-refractivity contribution in [2.45, 2.75) is 17.4 Å². The van der Waals surface area contributed by atoms with E-state index in [9.17, 15) is 13.5 Å². The molecule has 2 N–H and O–H groups in total. The summed E-state index contributed by atoms with van der Waals surface area (Å²) >= 11 is 18.9. The number of thioether (sulfide) groups is 1. The van der Waals surface area contributed by atoms with Gasteiger partial charge in [-0.15, -0.1) is 0 Å². The molecule has 1 unspecified atom stereocenters. The van der Waals surface area contributed by atoms with Gasteiger partial charge in [-0.3, -0.25) is 0 Å². The Hall–Kier alpha value is 0.310. The molecule has 0 aliphatic heterocycles. The molecule has 1 atom stereocenters. The standard InChI is InChI=1S/C11H14Cl3NO3S2/c1-11(16,6-19-2)5-15-20(17,18)10-8(13)3-7(12)4-9(10)14/h3-4,15-16H,5-6H2,1-2H3. The molecule has 0 aliphatic rings. The van der Waals surface area contributed by atoms with Crippen molar-refractivity contribution in [1.29, 1.82) is 0 Å². The predicted molar refractivity (Wildman–Crippen MR) is 85.7 cm³/mol. The largest absolute Gasteiger partial charge is 0.388 e. The number of sulfonamides is 1. The molecule has 9 heteroatoms. The molecule has 114 valence electrons. The summed E-state index contributed by atoms with van der Waals surface area (Å²) in [4.78, 5) is -0.245. The van der Waals surface area contributed by atoms with Crippen molar-refractivity contribution in [1.82, 2.24) is 4.72 Å². The van der Waals surface area contributed by atoms with Crippen molar-refractivity contribution >= 4 is 56.6 Å². The van der Waals surface area contributed by atoms with E-state index >= 15 is 0 Å². The van der Waals surface area contributed by atoms with Crippen LogP contribution in [0, 0.1) is 0 Å². The van der Waals surface area contributed by atoms with Crippen LogP contribution in [0.25, 0.3) is 0 Å². The first-order valence-electron chi connectivity index (χ1n) is 5.44. The van der Waals surface area contributed by atoms with Gasteiger partial charge in [0.25, 0.3) is 0 Å². The Morgan fingerprint density at radius 2 is 1.80 bits per heavy atom. The molecular weight excluding hydrogens is 365 g/mol. The van der Waals surface area contributed by atoms with Crippen LogP contribution in [0.2, 0.25) is 15.1 Å². The van der Waals surface area contributed by atoms with Crippen LogP contribution in [0.5, 0.6) is 0 Å². The van der Waals surface area contributed by atoms with Gasteiger partial charge in [0.1, 0.15) is 4.90 Å². The van der Waals surface area contributed by atoms with Gasteiger partial charge in [0.05, 0.1) is 15.6 Å². The molecule has 0 aromatic heterocycles. The molecule has 0 spiro atoms. The van der Waals surface area contributed by atoms with Crippen molar-refractivity contribution in [2.24, 2.45) is 0 Å². The van der Waals surface area contributed by atoms with Crippen LogP contribution in [0.4, 0.5) is 0 Å². The molecule has 0 heterocycles. The highest BCUT2D eigenvalue weighted by Gasteiger charge is 2.27. The molecule has 1 rings (SSSR count). The van der Waals surface area contributed by atoms with Crippen LogP contribution in [0.1, 0.15) is 6.92 Å². The molecule has 0 amide bonds. The molecular formula is C11H14Cl3NO3S2. The fraction of sp³-hybridized carbons (Fsp3) is 0.455. The number of rotatable bonds is 6. The lowest BCUT2D eigenvalue weighted by atomic mass is 10.1. The minimum Gasteiger partial charge on any atom is -0.388 e. The highest BCUT2D eigenvalue weighted by Crippen LogP contribution is 2.32. The first kappa shape index (κ1) is 18.4. The van der Waals surface area contributed by atoms with Gasteiger partial charge in [0.2, 0.25) is 10.0 Å². The highest BCUT2D eigenvalue weighted by molar-refractivity contribution is 7.98. The van der Waals surface area contributed by atoms with Gasteiger partial charge in [-0.25, -0.2) is 13.1 Å². The smallest absolute Gasteiger partial charge is 0.243 e. The second kappa shape index (κ2) is 7.05. The SMILES string of the molecule is CSCC(C)(O)CNS(=O)(=O)c1c(Cl)cc(Cl)cc1Cl. The van der Waals surface area contributed by atoms with Gasteiger partial charge in [-0.05, 0) is 25.3 Å². The minimum absolute atomic E-state index is 0.0699. The van der Waals surface area contributed by atoms with E-state index in [0.29, 0.717) is 5.75 Å². The van der Waals surface area contributed by atoms with Crippen molar-refractivity contribution < 1.29 is 13.5 Å². The molecule has 20 heavy (non-hydrogen) atoms. The average molecular weight is 379 g/mol. The lowest BCUT2D eigenvalue weighted by molar-refractivity contribution is 0.0908. The Bertz CT molecular complexity index is 568. The zero-order chi connectivity index (χ0) is 15.6. The maximum absolute atomic E-state index is 12.2. The summed E-state index contributed by atoms with van der Waals surface area (Å²) in [5.74, 6) is 0.387. The lowest BCUT2D eigenvalue weighted by Gasteiger charge is -2.22. The van der Waals surface area contributed by atoms with Crippen molar-refractivity contribution in [3.05, 3.63) is 27.2 Å². The molecule has 0 saturated carbocycles. The molecule has 0 aliphatic carbocycles. The first-order chi connectivity index (χ1) is 9.09. The Morgan fingerprint density at radius 1 is 1.30 bits per heavy atom. The number of halogens is 3. The topological polar surface area (TPSA) is 66.4 Å². The van der Waals surface area contributed by atoms with Crippen molar-refractivity contribution in [3.8, 4) is 0 Å². The minimum atomic E-state index is -3.93. The number of hydrogen-bond donors (Lipinski definition) is 2. The fourth-order valence-corrected chi connectivity index (χ4v) is 4.90. The molecule has 0 fully saturated rings. The molecule has 0 saturated heterocycles. The van der Waals surface area contributed by atoms with E-state index in [0.717, 1.165) is 0 Å². The second-order valence-electron chi connectivity index (χ2n) is 4.45. The monoisotopic (exact) mass is 377 g/mol. The third kappa shape index (κ3) is 4.94. The molecule has 1 aromatic carbocycles. The Balaban J connectivity index is 3.01. The molecule has 0 bridgehead atoms. The highest BCUT2D eigenvalue weighted by atomic mass is 35.5. The maximum Gasteiger partial charge on any atom is 0.243 e. The normalized spacial score (nSPS) is 15.1. The summed E-state index contributed by atoms with van der Waals surface area (Å²) < 4.78 is 26.7. The van der Waals surface area contributed by atoms with Gasteiger partial charge < -0.3 is 5.11 Å². The Kier molecular flexibility index (Phi) is 6.47. The number of benzene rings is 1. The van der Waals surface area contributed by atoms with Crippen LogP contribution in [0.15, 0.2) is 17.0 Å². The van der Waals surface area contributed by atoms with E-state index < -0.39 is 15.6 Å². The first-order valence-corrected chi connectivity index (χ1v) is 9.46. The zero-order valence-corrected chi connectivity index (χ0v) is 14.7. The third-order valence-corrected chi connectivity index (χ3v) is 5.78. The summed E-state index contributed by atoms with van der Waals surface area (Å²) in [6, 6.07) is 2.59. The van der Waals surface area contributed by atoms with Crippen LogP contribution < -0.4 is 4.72 Å². The molecule has 4 nitrogen and oxygen atoms in total. The summed E-state index contributed by atoms with van der Waals surface area (Å²) in [6.07, 6.45) is 1.82. The number of nitrogens with one attached hydrogen (secondary N) is 1. The molecule has 0 radical (unpaired) electrons. The lowest BCUT2D eigenvalue weighted by Crippen LogP contribution is -2.42. The van der Waals surface area contributed by atoms with Gasteiger partial charge in [0, 0.05) is 17.3 Å². The van der Waals surface area contributed by atoms with Gasteiger partial charge in [-0.1, -0.05) is 34.8 Å².